The normalized spacial score (nSPS) is 24.3. The highest BCUT2D eigenvalue weighted by Crippen LogP contribution is 2.49. The van der Waals surface area contributed by atoms with Crippen molar-refractivity contribution in [2.75, 3.05) is 20.1 Å². The second-order valence-corrected chi connectivity index (χ2v) is 6.12. The monoisotopic (exact) mass is 265 g/mol. The van der Waals surface area contributed by atoms with Gasteiger partial charge in [0.1, 0.15) is 11.5 Å². The van der Waals surface area contributed by atoms with Crippen LogP contribution in [0, 0.1) is 6.92 Å². The molecule has 0 spiro atoms. The lowest BCUT2D eigenvalue weighted by Gasteiger charge is -2.17. The van der Waals surface area contributed by atoms with E-state index in [0.29, 0.717) is 11.8 Å². The minimum Gasteiger partial charge on any atom is -0.457 e. The highest BCUT2D eigenvalue weighted by molar-refractivity contribution is 5.51. The Morgan fingerprint density at radius 3 is 2.50 bits per heavy atom. The first kappa shape index (κ1) is 12.0. The van der Waals surface area contributed by atoms with Gasteiger partial charge in [-0.25, -0.2) is 0 Å². The average molecular weight is 265 g/mol. The molecule has 0 radical (unpaired) electrons. The van der Waals surface area contributed by atoms with E-state index in [0.717, 1.165) is 24.6 Å². The molecule has 0 saturated carbocycles. The second kappa shape index (κ2) is 4.35. The molecule has 1 saturated heterocycles. The predicted molar refractivity (Wildman–Crippen MR) is 80.7 cm³/mol. The lowest BCUT2D eigenvalue weighted by Crippen LogP contribution is -2.14. The van der Waals surface area contributed by atoms with Crippen LogP contribution >= 0.6 is 0 Å². The van der Waals surface area contributed by atoms with E-state index in [9.17, 15) is 0 Å². The van der Waals surface area contributed by atoms with Gasteiger partial charge < -0.3 is 9.64 Å². The van der Waals surface area contributed by atoms with Crippen LogP contribution in [-0.4, -0.2) is 25.0 Å². The molecule has 20 heavy (non-hydrogen) atoms. The molecule has 0 aliphatic carbocycles. The zero-order valence-electron chi connectivity index (χ0n) is 12.0. The van der Waals surface area contributed by atoms with E-state index in [2.05, 4.69) is 61.3 Å². The maximum atomic E-state index is 6.21. The quantitative estimate of drug-likeness (QED) is 0.716. The van der Waals surface area contributed by atoms with Crippen molar-refractivity contribution in [2.24, 2.45) is 0 Å². The van der Waals surface area contributed by atoms with Crippen LogP contribution in [0.25, 0.3) is 0 Å². The second-order valence-electron chi connectivity index (χ2n) is 6.12. The van der Waals surface area contributed by atoms with Crippen LogP contribution in [0.5, 0.6) is 11.5 Å². The summed E-state index contributed by atoms with van der Waals surface area (Å²) in [7, 11) is 2.22. The van der Waals surface area contributed by atoms with Gasteiger partial charge in [0.2, 0.25) is 0 Å². The Balaban J connectivity index is 1.93. The number of nitrogens with zero attached hydrogens (tertiary/aromatic N) is 1. The summed E-state index contributed by atoms with van der Waals surface area (Å²) in [6.45, 7) is 4.38. The molecule has 2 aromatic carbocycles. The summed E-state index contributed by atoms with van der Waals surface area (Å²) in [6, 6.07) is 15.1. The summed E-state index contributed by atoms with van der Waals surface area (Å²) < 4.78 is 6.21. The number of fused-ring (bicyclic) bond motifs is 5. The van der Waals surface area contributed by atoms with Gasteiger partial charge in [0.05, 0.1) is 0 Å². The molecule has 2 atom stereocenters. The maximum absolute atomic E-state index is 6.21. The van der Waals surface area contributed by atoms with Crippen LogP contribution < -0.4 is 4.74 Å². The van der Waals surface area contributed by atoms with Gasteiger partial charge >= 0.3 is 0 Å². The molecule has 0 bridgehead atoms. The first-order valence-corrected chi connectivity index (χ1v) is 7.28. The lowest BCUT2D eigenvalue weighted by atomic mass is 9.84. The van der Waals surface area contributed by atoms with Gasteiger partial charge in [0.25, 0.3) is 0 Å². The summed E-state index contributed by atoms with van der Waals surface area (Å²) in [5, 5.41) is 0. The largest absolute Gasteiger partial charge is 0.457 e. The van der Waals surface area contributed by atoms with Crippen molar-refractivity contribution in [3.8, 4) is 11.5 Å². The molecule has 2 heterocycles. The van der Waals surface area contributed by atoms with Crippen molar-refractivity contribution >= 4 is 0 Å². The van der Waals surface area contributed by atoms with Gasteiger partial charge in [-0.15, -0.1) is 0 Å². The molecule has 2 aliphatic heterocycles. The standard InChI is InChI=1S/C18H19NO/c1-12-7-8-18-14(9-12)16-11-19(2)10-15(16)13-5-3-4-6-17(13)20-18/h3-9,15-16H,10-11H2,1-2H3/t15-,16-/m1/s1. The van der Waals surface area contributed by atoms with Gasteiger partial charge in [-0.05, 0) is 31.7 Å². The van der Waals surface area contributed by atoms with E-state index >= 15 is 0 Å². The maximum Gasteiger partial charge on any atom is 0.131 e. The molecule has 0 amide bonds. The molecule has 2 nitrogen and oxygen atoms in total. The van der Waals surface area contributed by atoms with Crippen molar-refractivity contribution in [3.05, 3.63) is 59.2 Å². The molecular weight excluding hydrogens is 246 g/mol. The van der Waals surface area contributed by atoms with Crippen molar-refractivity contribution in [3.63, 3.8) is 0 Å². The zero-order valence-corrected chi connectivity index (χ0v) is 12.0. The van der Waals surface area contributed by atoms with Crippen LogP contribution in [0.1, 0.15) is 28.5 Å². The summed E-state index contributed by atoms with van der Waals surface area (Å²) in [5.41, 5.74) is 4.04. The van der Waals surface area contributed by atoms with Crippen LogP contribution in [0.3, 0.4) is 0 Å². The zero-order chi connectivity index (χ0) is 13.7. The SMILES string of the molecule is Cc1ccc2c(c1)[C@H]1CN(C)C[C@@H]1c1ccccc1O2. The third kappa shape index (κ3) is 1.75. The minimum absolute atomic E-state index is 0.540. The third-order valence-electron chi connectivity index (χ3n) is 4.61. The predicted octanol–water partition coefficient (Wildman–Crippen LogP) is 3.91. The van der Waals surface area contributed by atoms with Gasteiger partial charge in [-0.2, -0.15) is 0 Å². The molecule has 4 rings (SSSR count). The molecule has 1 fully saturated rings. The minimum atomic E-state index is 0.540. The number of benzene rings is 2. The lowest BCUT2D eigenvalue weighted by molar-refractivity contribution is 0.401. The van der Waals surface area contributed by atoms with E-state index in [1.54, 1.807) is 0 Å². The van der Waals surface area contributed by atoms with Crippen LogP contribution in [0.2, 0.25) is 0 Å². The Labute approximate surface area is 120 Å². The Morgan fingerprint density at radius 1 is 0.950 bits per heavy atom. The Kier molecular flexibility index (Phi) is 2.61. The molecular formula is C18H19NO. The first-order chi connectivity index (χ1) is 9.72. The summed E-state index contributed by atoms with van der Waals surface area (Å²) in [6.07, 6.45) is 0. The molecule has 102 valence electrons. The van der Waals surface area contributed by atoms with E-state index < -0.39 is 0 Å². The van der Waals surface area contributed by atoms with Crippen molar-refractivity contribution in [1.29, 1.82) is 0 Å². The van der Waals surface area contributed by atoms with Gasteiger partial charge in [-0.1, -0.05) is 35.9 Å². The number of hydrogen-bond donors (Lipinski definition) is 0. The smallest absolute Gasteiger partial charge is 0.131 e. The van der Waals surface area contributed by atoms with Crippen LogP contribution in [-0.2, 0) is 0 Å². The summed E-state index contributed by atoms with van der Waals surface area (Å²) in [5.74, 6) is 3.14. The fraction of sp³-hybridized carbons (Fsp3) is 0.333. The Hall–Kier alpha value is -1.80. The number of para-hydroxylation sites is 1. The highest BCUT2D eigenvalue weighted by atomic mass is 16.5. The van der Waals surface area contributed by atoms with E-state index in [1.807, 2.05) is 0 Å². The topological polar surface area (TPSA) is 12.5 Å². The molecule has 2 heteroatoms. The molecule has 0 aromatic heterocycles. The van der Waals surface area contributed by atoms with Crippen molar-refractivity contribution in [2.45, 2.75) is 18.8 Å². The first-order valence-electron chi connectivity index (χ1n) is 7.28. The third-order valence-corrected chi connectivity index (χ3v) is 4.61. The fourth-order valence-electron chi connectivity index (χ4n) is 3.68. The summed E-state index contributed by atoms with van der Waals surface area (Å²) in [4.78, 5) is 2.43. The Morgan fingerprint density at radius 2 is 1.65 bits per heavy atom. The molecule has 0 unspecified atom stereocenters. The van der Waals surface area contributed by atoms with Gasteiger partial charge in [0.15, 0.2) is 0 Å². The molecule has 2 aromatic rings. The van der Waals surface area contributed by atoms with Crippen molar-refractivity contribution < 1.29 is 4.74 Å². The number of hydrogen-bond acceptors (Lipinski definition) is 2. The molecule has 2 aliphatic rings. The number of rotatable bonds is 0. The molecule has 0 N–H and O–H groups in total. The van der Waals surface area contributed by atoms with Crippen LogP contribution in [0.15, 0.2) is 42.5 Å². The van der Waals surface area contributed by atoms with E-state index in [1.165, 1.54) is 16.7 Å². The fourth-order valence-corrected chi connectivity index (χ4v) is 3.68. The van der Waals surface area contributed by atoms with Crippen molar-refractivity contribution in [1.82, 2.24) is 4.90 Å². The number of likely N-dealkylation sites (tertiary alicyclic amines) is 1. The summed E-state index contributed by atoms with van der Waals surface area (Å²) >= 11 is 0. The number of likely N-dealkylation sites (N-methyl/N-ethyl adjacent to an activating group) is 1. The average Bonchev–Trinajstić information content (AvgIpc) is 2.78. The van der Waals surface area contributed by atoms with Gasteiger partial charge in [-0.3, -0.25) is 0 Å². The van der Waals surface area contributed by atoms with E-state index in [-0.39, 0.29) is 0 Å². The van der Waals surface area contributed by atoms with Gasteiger partial charge in [0, 0.05) is 30.5 Å². The number of aryl methyl sites for hydroxylation is 1. The van der Waals surface area contributed by atoms with Crippen LogP contribution in [0.4, 0.5) is 0 Å². The van der Waals surface area contributed by atoms with E-state index in [4.69, 9.17) is 4.74 Å². The Bertz CT molecular complexity index is 664. The highest BCUT2D eigenvalue weighted by Gasteiger charge is 2.38. The number of ether oxygens (including phenoxy) is 1.